The van der Waals surface area contributed by atoms with Gasteiger partial charge in [-0.25, -0.2) is 0 Å². The second-order valence-corrected chi connectivity index (χ2v) is 5.33. The molecule has 1 rings (SSSR count). The Morgan fingerprint density at radius 2 is 2.00 bits per heavy atom. The third-order valence-electron chi connectivity index (χ3n) is 1.77. The molecule has 0 unspecified atom stereocenters. The van der Waals surface area contributed by atoms with E-state index < -0.39 is 0 Å². The highest BCUT2D eigenvalue weighted by Crippen LogP contribution is 2.19. The van der Waals surface area contributed by atoms with Crippen molar-refractivity contribution in [1.82, 2.24) is 0 Å². The van der Waals surface area contributed by atoms with Gasteiger partial charge in [-0.1, -0.05) is 57.0 Å². The molecule has 66 valence electrons. The molecule has 0 amide bonds. The van der Waals surface area contributed by atoms with E-state index in [4.69, 9.17) is 0 Å². The number of benzene rings is 1. The molecule has 12 heavy (non-hydrogen) atoms. The summed E-state index contributed by atoms with van der Waals surface area (Å²) in [5.41, 5.74) is 1.39. The first kappa shape index (κ1) is 10.3. The van der Waals surface area contributed by atoms with Gasteiger partial charge in [0, 0.05) is 9.30 Å². The molecule has 0 N–H and O–H groups in total. The number of aryl methyl sites for hydroxylation is 1. The zero-order valence-electron chi connectivity index (χ0n) is 7.06. The van der Waals surface area contributed by atoms with Crippen LogP contribution < -0.4 is 0 Å². The van der Waals surface area contributed by atoms with Crippen LogP contribution in [0.4, 0.5) is 0 Å². The Bertz CT molecular complexity index is 243. The summed E-state index contributed by atoms with van der Waals surface area (Å²) >= 11 is 7.07. The lowest BCUT2D eigenvalue weighted by Crippen LogP contribution is -1.94. The van der Waals surface area contributed by atoms with E-state index in [0.29, 0.717) is 4.83 Å². The van der Waals surface area contributed by atoms with Crippen LogP contribution in [0.5, 0.6) is 0 Å². The minimum absolute atomic E-state index is 0.601. The summed E-state index contributed by atoms with van der Waals surface area (Å²) in [6.45, 7) is 2.18. The van der Waals surface area contributed by atoms with Gasteiger partial charge in [-0.15, -0.1) is 0 Å². The largest absolute Gasteiger partial charge is 0.0894 e. The second kappa shape index (κ2) is 5.03. The van der Waals surface area contributed by atoms with Crippen LogP contribution in [0.3, 0.4) is 0 Å². The molecule has 0 heterocycles. The zero-order valence-corrected chi connectivity index (χ0v) is 10.2. The van der Waals surface area contributed by atoms with Gasteiger partial charge in [0.2, 0.25) is 0 Å². The highest BCUT2D eigenvalue weighted by atomic mass is 79.9. The molecular formula is C10H12Br2. The predicted octanol–water partition coefficient (Wildman–Crippen LogP) is 4.17. The summed E-state index contributed by atoms with van der Waals surface area (Å²) in [7, 11) is 0. The highest BCUT2D eigenvalue weighted by Gasteiger charge is 2.00. The second-order valence-electron chi connectivity index (χ2n) is 2.91. The lowest BCUT2D eigenvalue weighted by atomic mass is 10.1. The zero-order chi connectivity index (χ0) is 8.97. The number of rotatable bonds is 3. The van der Waals surface area contributed by atoms with E-state index in [2.05, 4.69) is 57.0 Å². The fourth-order valence-corrected chi connectivity index (χ4v) is 1.77. The minimum atomic E-state index is 0.601. The average molecular weight is 292 g/mol. The Morgan fingerprint density at radius 3 is 2.58 bits per heavy atom. The molecule has 1 aromatic rings. The smallest absolute Gasteiger partial charge is 0.0207 e. The molecule has 0 aliphatic heterocycles. The molecule has 0 nitrogen and oxygen atoms in total. The van der Waals surface area contributed by atoms with E-state index in [-0.39, 0.29) is 0 Å². The maximum absolute atomic E-state index is 3.54. The van der Waals surface area contributed by atoms with Crippen molar-refractivity contribution in [3.05, 3.63) is 34.3 Å². The number of halogens is 2. The number of hydrogen-bond donors (Lipinski definition) is 0. The fraction of sp³-hybridized carbons (Fsp3) is 0.400. The van der Waals surface area contributed by atoms with Crippen LogP contribution in [-0.2, 0) is 6.42 Å². The van der Waals surface area contributed by atoms with Crippen molar-refractivity contribution in [3.8, 4) is 0 Å². The Balaban J connectivity index is 2.57. The van der Waals surface area contributed by atoms with E-state index in [1.54, 1.807) is 0 Å². The molecule has 0 saturated heterocycles. The van der Waals surface area contributed by atoms with Crippen molar-refractivity contribution in [2.24, 2.45) is 0 Å². The van der Waals surface area contributed by atoms with Gasteiger partial charge in [0.15, 0.2) is 0 Å². The lowest BCUT2D eigenvalue weighted by Gasteiger charge is -2.04. The number of alkyl halides is 1. The Hall–Kier alpha value is 0.180. The molecule has 0 fully saturated rings. The lowest BCUT2D eigenvalue weighted by molar-refractivity contribution is 0.819. The summed E-state index contributed by atoms with van der Waals surface area (Å²) in [5.74, 6) is 0. The Labute approximate surface area is 90.6 Å². The first-order chi connectivity index (χ1) is 5.70. The molecule has 0 aliphatic carbocycles. The predicted molar refractivity (Wildman–Crippen MR) is 60.9 cm³/mol. The van der Waals surface area contributed by atoms with Crippen LogP contribution in [0, 0.1) is 0 Å². The van der Waals surface area contributed by atoms with Gasteiger partial charge < -0.3 is 0 Å². The molecule has 0 aliphatic rings. The van der Waals surface area contributed by atoms with Crippen molar-refractivity contribution in [2.75, 3.05) is 0 Å². The third kappa shape index (κ3) is 3.28. The van der Waals surface area contributed by atoms with Crippen LogP contribution in [0.1, 0.15) is 18.9 Å². The van der Waals surface area contributed by atoms with Crippen LogP contribution in [-0.4, -0.2) is 4.83 Å². The maximum atomic E-state index is 3.54. The molecule has 2 heteroatoms. The van der Waals surface area contributed by atoms with Crippen molar-refractivity contribution in [3.63, 3.8) is 0 Å². The molecule has 1 aromatic carbocycles. The average Bonchev–Trinajstić information content (AvgIpc) is 2.03. The van der Waals surface area contributed by atoms with Crippen molar-refractivity contribution < 1.29 is 0 Å². The van der Waals surface area contributed by atoms with E-state index in [9.17, 15) is 0 Å². The standard InChI is InChI=1S/C10H12Br2/c1-8(11)6-7-9-4-2-3-5-10(9)12/h2-5,8H,6-7H2,1H3/t8-/m1/s1. The van der Waals surface area contributed by atoms with Gasteiger partial charge in [0.1, 0.15) is 0 Å². The van der Waals surface area contributed by atoms with Gasteiger partial charge in [-0.3, -0.25) is 0 Å². The van der Waals surface area contributed by atoms with E-state index >= 15 is 0 Å². The van der Waals surface area contributed by atoms with Crippen LogP contribution in [0.25, 0.3) is 0 Å². The van der Waals surface area contributed by atoms with Gasteiger partial charge in [-0.05, 0) is 24.5 Å². The topological polar surface area (TPSA) is 0 Å². The molecular weight excluding hydrogens is 280 g/mol. The van der Waals surface area contributed by atoms with E-state index in [0.717, 1.165) is 6.42 Å². The summed E-state index contributed by atoms with van der Waals surface area (Å²) in [5, 5.41) is 0. The number of hydrogen-bond acceptors (Lipinski definition) is 0. The normalized spacial score (nSPS) is 12.9. The Kier molecular flexibility index (Phi) is 4.30. The van der Waals surface area contributed by atoms with E-state index in [1.807, 2.05) is 6.07 Å². The minimum Gasteiger partial charge on any atom is -0.0894 e. The molecule has 0 spiro atoms. The van der Waals surface area contributed by atoms with Crippen LogP contribution in [0.2, 0.25) is 0 Å². The first-order valence-corrected chi connectivity index (χ1v) is 5.78. The molecule has 0 bridgehead atoms. The van der Waals surface area contributed by atoms with Crippen molar-refractivity contribution in [2.45, 2.75) is 24.6 Å². The van der Waals surface area contributed by atoms with E-state index in [1.165, 1.54) is 16.5 Å². The summed E-state index contributed by atoms with van der Waals surface area (Å²) in [4.78, 5) is 0.601. The van der Waals surface area contributed by atoms with Gasteiger partial charge >= 0.3 is 0 Å². The fourth-order valence-electron chi connectivity index (χ4n) is 1.06. The van der Waals surface area contributed by atoms with Crippen LogP contribution in [0.15, 0.2) is 28.7 Å². The first-order valence-electron chi connectivity index (χ1n) is 4.07. The summed E-state index contributed by atoms with van der Waals surface area (Å²) in [6.07, 6.45) is 2.32. The summed E-state index contributed by atoms with van der Waals surface area (Å²) < 4.78 is 1.22. The maximum Gasteiger partial charge on any atom is 0.0207 e. The van der Waals surface area contributed by atoms with Crippen molar-refractivity contribution in [1.29, 1.82) is 0 Å². The quantitative estimate of drug-likeness (QED) is 0.734. The third-order valence-corrected chi connectivity index (χ3v) is 3.00. The Morgan fingerprint density at radius 1 is 1.33 bits per heavy atom. The molecule has 0 aromatic heterocycles. The molecule has 0 radical (unpaired) electrons. The summed E-state index contributed by atoms with van der Waals surface area (Å²) in [6, 6.07) is 8.39. The van der Waals surface area contributed by atoms with Crippen molar-refractivity contribution >= 4 is 31.9 Å². The van der Waals surface area contributed by atoms with Crippen LogP contribution >= 0.6 is 31.9 Å². The van der Waals surface area contributed by atoms with Gasteiger partial charge in [0.25, 0.3) is 0 Å². The molecule has 1 atom stereocenters. The van der Waals surface area contributed by atoms with Gasteiger partial charge in [0.05, 0.1) is 0 Å². The molecule has 0 saturated carbocycles. The highest BCUT2D eigenvalue weighted by molar-refractivity contribution is 9.10. The monoisotopic (exact) mass is 290 g/mol. The SMILES string of the molecule is C[C@@H](Br)CCc1ccccc1Br. The van der Waals surface area contributed by atoms with Gasteiger partial charge in [-0.2, -0.15) is 0 Å².